The summed E-state index contributed by atoms with van der Waals surface area (Å²) >= 11 is 0. The second-order valence-electron chi connectivity index (χ2n) is 3.58. The highest BCUT2D eigenvalue weighted by atomic mass is 16.5. The largest absolute Gasteiger partial charge is 0.496 e. The standard InChI is InChI=1S/C11H15NO2/c1-13-11-6-9(12)3-2-8(11)7-14-10-4-5-10/h2-3,6,10H,4-5,7,12H2,1H3. The molecule has 2 rings (SSSR count). The molecule has 76 valence electrons. The molecule has 0 aliphatic heterocycles. The Labute approximate surface area is 83.8 Å². The zero-order valence-corrected chi connectivity index (χ0v) is 8.32. The number of benzene rings is 1. The number of hydrogen-bond donors (Lipinski definition) is 1. The van der Waals surface area contributed by atoms with Crippen LogP contribution in [0.15, 0.2) is 18.2 Å². The fourth-order valence-electron chi connectivity index (χ4n) is 1.32. The molecule has 0 radical (unpaired) electrons. The molecule has 1 aliphatic carbocycles. The number of ether oxygens (including phenoxy) is 2. The van der Waals surface area contributed by atoms with Crippen LogP contribution in [0.2, 0.25) is 0 Å². The van der Waals surface area contributed by atoms with Crippen LogP contribution in [-0.4, -0.2) is 13.2 Å². The summed E-state index contributed by atoms with van der Waals surface area (Å²) in [6, 6.07) is 5.65. The Morgan fingerprint density at radius 1 is 1.43 bits per heavy atom. The fraction of sp³-hybridized carbons (Fsp3) is 0.455. The Bertz CT molecular complexity index is 321. The molecule has 0 heterocycles. The first-order valence-corrected chi connectivity index (χ1v) is 4.83. The minimum Gasteiger partial charge on any atom is -0.496 e. The van der Waals surface area contributed by atoms with Crippen LogP contribution in [0.3, 0.4) is 0 Å². The quantitative estimate of drug-likeness (QED) is 0.743. The average molecular weight is 193 g/mol. The van der Waals surface area contributed by atoms with Crippen LogP contribution in [0.1, 0.15) is 18.4 Å². The molecule has 2 N–H and O–H groups in total. The van der Waals surface area contributed by atoms with Crippen molar-refractivity contribution >= 4 is 5.69 Å². The molecule has 0 saturated heterocycles. The highest BCUT2D eigenvalue weighted by Crippen LogP contribution is 2.28. The number of anilines is 1. The lowest BCUT2D eigenvalue weighted by molar-refractivity contribution is 0.104. The van der Waals surface area contributed by atoms with Crippen molar-refractivity contribution in [3.05, 3.63) is 23.8 Å². The molecule has 1 aromatic rings. The van der Waals surface area contributed by atoms with Gasteiger partial charge in [0.05, 0.1) is 19.8 Å². The summed E-state index contributed by atoms with van der Waals surface area (Å²) in [6.07, 6.45) is 2.85. The van der Waals surface area contributed by atoms with Crippen molar-refractivity contribution in [3.8, 4) is 5.75 Å². The van der Waals surface area contributed by atoms with Crippen molar-refractivity contribution in [3.63, 3.8) is 0 Å². The topological polar surface area (TPSA) is 44.5 Å². The highest BCUT2D eigenvalue weighted by molar-refractivity contribution is 5.48. The Morgan fingerprint density at radius 3 is 2.86 bits per heavy atom. The minimum absolute atomic E-state index is 0.470. The normalized spacial score (nSPS) is 15.5. The number of hydrogen-bond acceptors (Lipinski definition) is 3. The summed E-state index contributed by atoms with van der Waals surface area (Å²) in [6.45, 7) is 0.619. The van der Waals surface area contributed by atoms with E-state index in [0.29, 0.717) is 12.7 Å². The third-order valence-electron chi connectivity index (χ3n) is 2.31. The molecule has 0 unspecified atom stereocenters. The van der Waals surface area contributed by atoms with Crippen molar-refractivity contribution in [1.29, 1.82) is 0 Å². The van der Waals surface area contributed by atoms with E-state index in [-0.39, 0.29) is 0 Å². The Kier molecular flexibility index (Phi) is 2.59. The molecule has 1 aromatic carbocycles. The maximum absolute atomic E-state index is 5.65. The van der Waals surface area contributed by atoms with Crippen LogP contribution >= 0.6 is 0 Å². The van der Waals surface area contributed by atoms with E-state index in [2.05, 4.69) is 0 Å². The lowest BCUT2D eigenvalue weighted by atomic mass is 10.2. The van der Waals surface area contributed by atoms with Crippen LogP contribution in [0.4, 0.5) is 5.69 Å². The summed E-state index contributed by atoms with van der Waals surface area (Å²) in [5.41, 5.74) is 7.43. The third-order valence-corrected chi connectivity index (χ3v) is 2.31. The molecule has 1 aliphatic rings. The van der Waals surface area contributed by atoms with E-state index in [9.17, 15) is 0 Å². The predicted molar refractivity (Wildman–Crippen MR) is 55.2 cm³/mol. The van der Waals surface area contributed by atoms with Crippen LogP contribution in [0, 0.1) is 0 Å². The summed E-state index contributed by atoms with van der Waals surface area (Å²) in [5, 5.41) is 0. The number of nitrogens with two attached hydrogens (primary N) is 1. The smallest absolute Gasteiger partial charge is 0.126 e. The van der Waals surface area contributed by atoms with E-state index in [4.69, 9.17) is 15.2 Å². The minimum atomic E-state index is 0.470. The van der Waals surface area contributed by atoms with Gasteiger partial charge in [-0.1, -0.05) is 6.07 Å². The van der Waals surface area contributed by atoms with Gasteiger partial charge in [-0.25, -0.2) is 0 Å². The number of rotatable bonds is 4. The lowest BCUT2D eigenvalue weighted by Crippen LogP contribution is -1.98. The van der Waals surface area contributed by atoms with Gasteiger partial charge in [-0.15, -0.1) is 0 Å². The predicted octanol–water partition coefficient (Wildman–Crippen LogP) is 1.96. The van der Waals surface area contributed by atoms with Gasteiger partial charge in [-0.05, 0) is 18.9 Å². The van der Waals surface area contributed by atoms with Gasteiger partial charge in [0.2, 0.25) is 0 Å². The SMILES string of the molecule is COc1cc(N)ccc1COC1CC1. The van der Waals surface area contributed by atoms with Crippen LogP contribution < -0.4 is 10.5 Å². The lowest BCUT2D eigenvalue weighted by Gasteiger charge is -2.09. The van der Waals surface area contributed by atoms with E-state index in [1.54, 1.807) is 7.11 Å². The second-order valence-corrected chi connectivity index (χ2v) is 3.58. The summed E-state index contributed by atoms with van der Waals surface area (Å²) in [5.74, 6) is 0.811. The van der Waals surface area contributed by atoms with Gasteiger partial charge in [0, 0.05) is 17.3 Å². The van der Waals surface area contributed by atoms with Crippen LogP contribution in [0.25, 0.3) is 0 Å². The molecule has 1 saturated carbocycles. The van der Waals surface area contributed by atoms with E-state index in [1.165, 1.54) is 12.8 Å². The molecule has 3 nitrogen and oxygen atoms in total. The fourth-order valence-corrected chi connectivity index (χ4v) is 1.32. The number of methoxy groups -OCH3 is 1. The average Bonchev–Trinajstić information content (AvgIpc) is 2.99. The molecule has 0 aromatic heterocycles. The van der Waals surface area contributed by atoms with Gasteiger partial charge in [0.25, 0.3) is 0 Å². The Hall–Kier alpha value is -1.22. The third kappa shape index (κ3) is 2.17. The highest BCUT2D eigenvalue weighted by Gasteiger charge is 2.22. The van der Waals surface area contributed by atoms with E-state index in [0.717, 1.165) is 17.0 Å². The maximum Gasteiger partial charge on any atom is 0.126 e. The Balaban J connectivity index is 2.05. The molecule has 14 heavy (non-hydrogen) atoms. The Morgan fingerprint density at radius 2 is 2.21 bits per heavy atom. The van der Waals surface area contributed by atoms with Gasteiger partial charge in [-0.2, -0.15) is 0 Å². The first-order chi connectivity index (χ1) is 6.79. The zero-order chi connectivity index (χ0) is 9.97. The molecule has 0 amide bonds. The van der Waals surface area contributed by atoms with Gasteiger partial charge in [0.15, 0.2) is 0 Å². The summed E-state index contributed by atoms with van der Waals surface area (Å²) in [4.78, 5) is 0. The molecular formula is C11H15NO2. The van der Waals surface area contributed by atoms with E-state index < -0.39 is 0 Å². The summed E-state index contributed by atoms with van der Waals surface area (Å²) in [7, 11) is 1.65. The first-order valence-electron chi connectivity index (χ1n) is 4.83. The number of nitrogen functional groups attached to an aromatic ring is 1. The van der Waals surface area contributed by atoms with Gasteiger partial charge < -0.3 is 15.2 Å². The zero-order valence-electron chi connectivity index (χ0n) is 8.32. The van der Waals surface area contributed by atoms with Crippen molar-refractivity contribution in [2.45, 2.75) is 25.6 Å². The summed E-state index contributed by atoms with van der Waals surface area (Å²) < 4.78 is 10.8. The van der Waals surface area contributed by atoms with Crippen molar-refractivity contribution < 1.29 is 9.47 Å². The van der Waals surface area contributed by atoms with Crippen LogP contribution in [-0.2, 0) is 11.3 Å². The van der Waals surface area contributed by atoms with Crippen molar-refractivity contribution in [1.82, 2.24) is 0 Å². The van der Waals surface area contributed by atoms with Crippen molar-refractivity contribution in [2.75, 3.05) is 12.8 Å². The molecule has 3 heteroatoms. The molecule has 0 bridgehead atoms. The first kappa shape index (κ1) is 9.34. The molecule has 0 spiro atoms. The van der Waals surface area contributed by atoms with Gasteiger partial charge in [-0.3, -0.25) is 0 Å². The van der Waals surface area contributed by atoms with Crippen LogP contribution in [0.5, 0.6) is 5.75 Å². The maximum atomic E-state index is 5.65. The van der Waals surface area contributed by atoms with Gasteiger partial charge in [0.1, 0.15) is 5.75 Å². The molecule has 1 fully saturated rings. The second kappa shape index (κ2) is 3.88. The molecule has 0 atom stereocenters. The van der Waals surface area contributed by atoms with Gasteiger partial charge >= 0.3 is 0 Å². The monoisotopic (exact) mass is 193 g/mol. The molecular weight excluding hydrogens is 178 g/mol. The van der Waals surface area contributed by atoms with E-state index >= 15 is 0 Å². The van der Waals surface area contributed by atoms with E-state index in [1.807, 2.05) is 18.2 Å². The van der Waals surface area contributed by atoms with Crippen molar-refractivity contribution in [2.24, 2.45) is 0 Å².